The van der Waals surface area contributed by atoms with Gasteiger partial charge in [-0.25, -0.2) is 13.1 Å². The van der Waals surface area contributed by atoms with Gasteiger partial charge in [-0.3, -0.25) is 0 Å². The zero-order chi connectivity index (χ0) is 15.5. The molecule has 1 aliphatic carbocycles. The van der Waals surface area contributed by atoms with E-state index in [0.29, 0.717) is 10.6 Å². The Balaban J connectivity index is 2.00. The molecule has 0 spiro atoms. The highest BCUT2D eigenvalue weighted by Crippen LogP contribution is 2.28. The van der Waals surface area contributed by atoms with E-state index in [0.717, 1.165) is 37.2 Å². The minimum Gasteiger partial charge on any atom is -0.399 e. The van der Waals surface area contributed by atoms with Gasteiger partial charge in [-0.2, -0.15) is 0 Å². The van der Waals surface area contributed by atoms with Gasteiger partial charge in [0, 0.05) is 11.7 Å². The van der Waals surface area contributed by atoms with E-state index < -0.39 is 10.0 Å². The summed E-state index contributed by atoms with van der Waals surface area (Å²) in [4.78, 5) is 0.310. The number of hydrogen-bond acceptors (Lipinski definition) is 3. The van der Waals surface area contributed by atoms with Crippen LogP contribution in [-0.4, -0.2) is 14.5 Å². The van der Waals surface area contributed by atoms with Crippen LogP contribution in [0.3, 0.4) is 0 Å². The molecule has 5 heteroatoms. The molecule has 2 rings (SSSR count). The normalized spacial score (nSPS) is 23.1. The lowest BCUT2D eigenvalue weighted by atomic mass is 9.84. The molecular weight excluding hydrogens is 284 g/mol. The third-order valence-corrected chi connectivity index (χ3v) is 5.94. The molecule has 0 saturated heterocycles. The molecule has 0 heterocycles. The smallest absolute Gasteiger partial charge is 0.240 e. The summed E-state index contributed by atoms with van der Waals surface area (Å²) in [6.45, 7) is 4.03. The van der Waals surface area contributed by atoms with E-state index in [1.807, 2.05) is 6.92 Å². The van der Waals surface area contributed by atoms with Gasteiger partial charge in [0.25, 0.3) is 0 Å². The van der Waals surface area contributed by atoms with Crippen molar-refractivity contribution in [1.29, 1.82) is 0 Å². The summed E-state index contributed by atoms with van der Waals surface area (Å²) in [5.41, 5.74) is 7.16. The van der Waals surface area contributed by atoms with E-state index in [4.69, 9.17) is 5.73 Å². The first-order chi connectivity index (χ1) is 9.92. The number of aryl methyl sites for hydroxylation is 1. The fourth-order valence-electron chi connectivity index (χ4n) is 3.08. The van der Waals surface area contributed by atoms with Crippen LogP contribution in [0, 0.1) is 12.8 Å². The summed E-state index contributed by atoms with van der Waals surface area (Å²) in [5.74, 6) is 0.773. The van der Waals surface area contributed by atoms with Crippen LogP contribution in [0.5, 0.6) is 0 Å². The predicted molar refractivity (Wildman–Crippen MR) is 86.6 cm³/mol. The Kier molecular flexibility index (Phi) is 5.27. The Morgan fingerprint density at radius 2 is 1.90 bits per heavy atom. The minimum absolute atomic E-state index is 0.0703. The van der Waals surface area contributed by atoms with Crippen molar-refractivity contribution in [2.24, 2.45) is 5.92 Å². The van der Waals surface area contributed by atoms with Crippen LogP contribution in [-0.2, 0) is 10.0 Å². The van der Waals surface area contributed by atoms with Gasteiger partial charge in [-0.05, 0) is 62.3 Å². The molecule has 0 aromatic heterocycles. The molecule has 1 saturated carbocycles. The highest BCUT2D eigenvalue weighted by molar-refractivity contribution is 7.89. The number of nitrogen functional groups attached to an aromatic ring is 1. The summed E-state index contributed by atoms with van der Waals surface area (Å²) < 4.78 is 27.7. The SMILES string of the molecule is CCCC1CCC(NS(=O)(=O)c2ccc(N)c(C)c2)CC1. The first-order valence-corrected chi connectivity index (χ1v) is 9.29. The molecule has 21 heavy (non-hydrogen) atoms. The van der Waals surface area contributed by atoms with Crippen molar-refractivity contribution in [3.8, 4) is 0 Å². The number of nitrogens with one attached hydrogen (secondary N) is 1. The first kappa shape index (κ1) is 16.3. The Labute approximate surface area is 128 Å². The molecule has 0 bridgehead atoms. The largest absolute Gasteiger partial charge is 0.399 e. The Morgan fingerprint density at radius 3 is 2.48 bits per heavy atom. The first-order valence-electron chi connectivity index (χ1n) is 7.81. The third-order valence-electron chi connectivity index (χ3n) is 4.42. The molecule has 1 aliphatic rings. The molecule has 118 valence electrons. The number of anilines is 1. The second kappa shape index (κ2) is 6.79. The standard InChI is InChI=1S/C16H26N2O2S/c1-3-4-13-5-7-14(8-6-13)18-21(19,20)15-9-10-16(17)12(2)11-15/h9-11,13-14,18H,3-8,17H2,1-2H3. The summed E-state index contributed by atoms with van der Waals surface area (Å²) in [6, 6.07) is 4.94. The third kappa shape index (κ3) is 4.20. The van der Waals surface area contributed by atoms with Crippen molar-refractivity contribution in [3.05, 3.63) is 23.8 Å². The predicted octanol–water partition coefficient (Wildman–Crippen LogP) is 3.21. The van der Waals surface area contributed by atoms with Crippen molar-refractivity contribution in [1.82, 2.24) is 4.72 Å². The molecule has 0 radical (unpaired) electrons. The molecule has 3 N–H and O–H groups in total. The zero-order valence-corrected chi connectivity index (χ0v) is 13.7. The van der Waals surface area contributed by atoms with E-state index in [1.165, 1.54) is 12.8 Å². The quantitative estimate of drug-likeness (QED) is 0.820. The maximum Gasteiger partial charge on any atom is 0.240 e. The molecular formula is C16H26N2O2S. The Morgan fingerprint density at radius 1 is 1.24 bits per heavy atom. The lowest BCUT2D eigenvalue weighted by Crippen LogP contribution is -2.37. The van der Waals surface area contributed by atoms with Crippen molar-refractivity contribution < 1.29 is 8.42 Å². The van der Waals surface area contributed by atoms with Gasteiger partial charge >= 0.3 is 0 Å². The molecule has 0 amide bonds. The number of hydrogen-bond donors (Lipinski definition) is 2. The van der Waals surface area contributed by atoms with Crippen molar-refractivity contribution >= 4 is 15.7 Å². The van der Waals surface area contributed by atoms with E-state index in [-0.39, 0.29) is 6.04 Å². The van der Waals surface area contributed by atoms with E-state index >= 15 is 0 Å². The van der Waals surface area contributed by atoms with Crippen LogP contribution in [0.25, 0.3) is 0 Å². The lowest BCUT2D eigenvalue weighted by Gasteiger charge is -2.28. The van der Waals surface area contributed by atoms with Crippen LogP contribution in [0.4, 0.5) is 5.69 Å². The Bertz CT molecular complexity index is 576. The van der Waals surface area contributed by atoms with Crippen LogP contribution in [0.2, 0.25) is 0 Å². The summed E-state index contributed by atoms with van der Waals surface area (Å²) in [7, 11) is -3.43. The second-order valence-corrected chi connectivity index (χ2v) is 7.86. The van der Waals surface area contributed by atoms with Crippen molar-refractivity contribution in [2.75, 3.05) is 5.73 Å². The zero-order valence-electron chi connectivity index (χ0n) is 12.9. The maximum absolute atomic E-state index is 12.4. The Hall–Kier alpha value is -1.07. The van der Waals surface area contributed by atoms with Gasteiger partial charge in [0.05, 0.1) is 4.90 Å². The maximum atomic E-state index is 12.4. The number of nitrogens with two attached hydrogens (primary N) is 1. The summed E-state index contributed by atoms with van der Waals surface area (Å²) >= 11 is 0. The van der Waals surface area contributed by atoms with Crippen LogP contribution in [0.15, 0.2) is 23.1 Å². The average Bonchev–Trinajstić information content (AvgIpc) is 2.44. The molecule has 4 nitrogen and oxygen atoms in total. The average molecular weight is 310 g/mol. The van der Waals surface area contributed by atoms with Crippen molar-refractivity contribution in [2.45, 2.75) is 63.3 Å². The highest BCUT2D eigenvalue weighted by atomic mass is 32.2. The fourth-order valence-corrected chi connectivity index (χ4v) is 4.47. The van der Waals surface area contributed by atoms with Gasteiger partial charge in [-0.15, -0.1) is 0 Å². The monoisotopic (exact) mass is 310 g/mol. The summed E-state index contributed by atoms with van der Waals surface area (Å²) in [5, 5.41) is 0. The van der Waals surface area contributed by atoms with Crippen LogP contribution < -0.4 is 10.5 Å². The summed E-state index contributed by atoms with van der Waals surface area (Å²) in [6.07, 6.45) is 6.61. The molecule has 1 fully saturated rings. The molecule has 0 atom stereocenters. The van der Waals surface area contributed by atoms with Crippen LogP contribution in [0.1, 0.15) is 51.0 Å². The van der Waals surface area contributed by atoms with Gasteiger partial charge in [0.2, 0.25) is 10.0 Å². The van der Waals surface area contributed by atoms with E-state index in [9.17, 15) is 8.42 Å². The van der Waals surface area contributed by atoms with Crippen LogP contribution >= 0.6 is 0 Å². The fraction of sp³-hybridized carbons (Fsp3) is 0.625. The molecule has 1 aromatic rings. The van der Waals surface area contributed by atoms with Gasteiger partial charge < -0.3 is 5.73 Å². The van der Waals surface area contributed by atoms with Crippen molar-refractivity contribution in [3.63, 3.8) is 0 Å². The molecule has 0 unspecified atom stereocenters. The van der Waals surface area contributed by atoms with E-state index in [2.05, 4.69) is 11.6 Å². The highest BCUT2D eigenvalue weighted by Gasteiger charge is 2.25. The van der Waals surface area contributed by atoms with E-state index in [1.54, 1.807) is 18.2 Å². The van der Waals surface area contributed by atoms with Gasteiger partial charge in [0.15, 0.2) is 0 Å². The minimum atomic E-state index is -3.43. The molecule has 1 aromatic carbocycles. The second-order valence-electron chi connectivity index (χ2n) is 6.15. The number of sulfonamides is 1. The molecule has 0 aliphatic heterocycles. The topological polar surface area (TPSA) is 72.2 Å². The number of benzene rings is 1. The lowest BCUT2D eigenvalue weighted by molar-refractivity contribution is 0.297. The number of rotatable bonds is 5. The van der Waals surface area contributed by atoms with Gasteiger partial charge in [-0.1, -0.05) is 19.8 Å². The van der Waals surface area contributed by atoms with Gasteiger partial charge in [0.1, 0.15) is 0 Å².